The molecule has 1 aliphatic heterocycles. The lowest BCUT2D eigenvalue weighted by atomic mass is 10.1. The normalized spacial score (nSPS) is 15.0. The number of carbonyl (C=O) groups excluding carboxylic acids is 2. The summed E-state index contributed by atoms with van der Waals surface area (Å²) < 4.78 is 5.10. The van der Waals surface area contributed by atoms with Crippen LogP contribution in [0, 0.1) is 0 Å². The fourth-order valence-corrected chi connectivity index (χ4v) is 2.36. The van der Waals surface area contributed by atoms with E-state index in [9.17, 15) is 14.7 Å². The Morgan fingerprint density at radius 2 is 1.96 bits per heavy atom. The second-order valence-corrected chi connectivity index (χ2v) is 6.14. The van der Waals surface area contributed by atoms with Gasteiger partial charge in [0.25, 0.3) is 0 Å². The van der Waals surface area contributed by atoms with Crippen LogP contribution in [0.25, 0.3) is 0 Å². The summed E-state index contributed by atoms with van der Waals surface area (Å²) in [6, 6.07) is 7.01. The summed E-state index contributed by atoms with van der Waals surface area (Å²) in [5, 5.41) is 11.9. The fourth-order valence-electron chi connectivity index (χ4n) is 2.36. The molecule has 2 rings (SSSR count). The van der Waals surface area contributed by atoms with Gasteiger partial charge in [-0.3, -0.25) is 9.69 Å². The van der Waals surface area contributed by atoms with Crippen molar-refractivity contribution in [1.82, 2.24) is 10.2 Å². The van der Waals surface area contributed by atoms with E-state index in [0.29, 0.717) is 13.1 Å². The summed E-state index contributed by atoms with van der Waals surface area (Å²) in [5.74, 6) is 0.442. The van der Waals surface area contributed by atoms with E-state index >= 15 is 0 Å². The number of hydrogen-bond acceptors (Lipinski definition) is 4. The molecular weight excluding hydrogens is 298 g/mol. The van der Waals surface area contributed by atoms with Crippen LogP contribution in [0.2, 0.25) is 0 Å². The molecule has 0 unspecified atom stereocenters. The number of nitrogens with one attached hydrogen (secondary N) is 1. The Kier molecular flexibility index (Phi) is 5.10. The van der Waals surface area contributed by atoms with Crippen LogP contribution in [0.15, 0.2) is 24.3 Å². The summed E-state index contributed by atoms with van der Waals surface area (Å²) in [5.41, 5.74) is 0.0737. The number of methoxy groups -OCH3 is 1. The molecule has 1 aliphatic rings. The van der Waals surface area contributed by atoms with E-state index < -0.39 is 5.54 Å². The molecule has 1 aromatic rings. The zero-order chi connectivity index (χ0) is 17.0. The second-order valence-electron chi connectivity index (χ2n) is 6.14. The lowest BCUT2D eigenvalue weighted by molar-refractivity contribution is -0.123. The van der Waals surface area contributed by atoms with Gasteiger partial charge in [0.2, 0.25) is 5.91 Å². The molecule has 0 radical (unpaired) electrons. The van der Waals surface area contributed by atoms with Crippen LogP contribution in [0.5, 0.6) is 5.75 Å². The van der Waals surface area contributed by atoms with Crippen LogP contribution in [0.4, 0.5) is 10.5 Å². The van der Waals surface area contributed by atoms with Crippen LogP contribution in [-0.4, -0.2) is 60.8 Å². The van der Waals surface area contributed by atoms with Crippen LogP contribution in [-0.2, 0) is 4.79 Å². The molecule has 0 atom stereocenters. The van der Waals surface area contributed by atoms with Crippen molar-refractivity contribution in [1.29, 1.82) is 0 Å². The first-order valence-electron chi connectivity index (χ1n) is 7.48. The van der Waals surface area contributed by atoms with E-state index in [1.165, 1.54) is 4.90 Å². The van der Waals surface area contributed by atoms with Crippen molar-refractivity contribution in [2.45, 2.75) is 19.4 Å². The van der Waals surface area contributed by atoms with E-state index in [1.54, 1.807) is 38.0 Å². The van der Waals surface area contributed by atoms with Crippen molar-refractivity contribution < 1.29 is 19.4 Å². The van der Waals surface area contributed by atoms with Gasteiger partial charge >= 0.3 is 6.03 Å². The topological polar surface area (TPSA) is 82.1 Å². The summed E-state index contributed by atoms with van der Waals surface area (Å²) in [7, 11) is 1.59. The van der Waals surface area contributed by atoms with Gasteiger partial charge in [0.1, 0.15) is 12.3 Å². The number of amides is 3. The molecule has 1 fully saturated rings. The van der Waals surface area contributed by atoms with Gasteiger partial charge in [0.15, 0.2) is 0 Å². The number of rotatable bonds is 6. The smallest absolute Gasteiger partial charge is 0.325 e. The monoisotopic (exact) mass is 321 g/mol. The third-order valence-corrected chi connectivity index (χ3v) is 3.69. The molecule has 23 heavy (non-hydrogen) atoms. The summed E-state index contributed by atoms with van der Waals surface area (Å²) in [4.78, 5) is 27.5. The van der Waals surface area contributed by atoms with Crippen LogP contribution >= 0.6 is 0 Å². The Morgan fingerprint density at radius 3 is 2.52 bits per heavy atom. The molecular formula is C16H23N3O4. The van der Waals surface area contributed by atoms with E-state index in [-0.39, 0.29) is 25.1 Å². The Bertz CT molecular complexity index is 571. The lowest BCUT2D eigenvalue weighted by Crippen LogP contribution is -2.50. The largest absolute Gasteiger partial charge is 0.497 e. The molecule has 0 saturated carbocycles. The third-order valence-electron chi connectivity index (χ3n) is 3.69. The van der Waals surface area contributed by atoms with Gasteiger partial charge in [-0.2, -0.15) is 0 Å². The second kappa shape index (κ2) is 6.87. The molecule has 7 nitrogen and oxygen atoms in total. The van der Waals surface area contributed by atoms with Crippen molar-refractivity contribution in [2.24, 2.45) is 0 Å². The molecule has 0 aromatic heterocycles. The van der Waals surface area contributed by atoms with Gasteiger partial charge < -0.3 is 20.1 Å². The molecule has 0 bridgehead atoms. The first-order valence-corrected chi connectivity index (χ1v) is 7.48. The number of anilines is 1. The van der Waals surface area contributed by atoms with Crippen LogP contribution < -0.4 is 15.0 Å². The maximum atomic E-state index is 12.4. The van der Waals surface area contributed by atoms with Crippen LogP contribution in [0.1, 0.15) is 13.8 Å². The standard InChI is InChI=1S/C16H23N3O4/c1-16(2,11-20)17-14(21)10-18-8-9-19(15(18)22)12-4-6-13(23-3)7-5-12/h4-7,20H,8-11H2,1-3H3,(H,17,21). The Labute approximate surface area is 135 Å². The van der Waals surface area contributed by atoms with Gasteiger partial charge in [-0.15, -0.1) is 0 Å². The number of aliphatic hydroxyl groups is 1. The summed E-state index contributed by atoms with van der Waals surface area (Å²) in [6.07, 6.45) is 0. The van der Waals surface area contributed by atoms with Gasteiger partial charge in [-0.05, 0) is 38.1 Å². The summed E-state index contributed by atoms with van der Waals surface area (Å²) in [6.45, 7) is 4.28. The number of aliphatic hydroxyl groups excluding tert-OH is 1. The SMILES string of the molecule is COc1ccc(N2CCN(CC(=O)NC(C)(C)CO)C2=O)cc1. The van der Waals surface area contributed by atoms with Crippen LogP contribution in [0.3, 0.4) is 0 Å². The quantitative estimate of drug-likeness (QED) is 0.813. The molecule has 1 saturated heterocycles. The zero-order valence-corrected chi connectivity index (χ0v) is 13.7. The van der Waals surface area contributed by atoms with Gasteiger partial charge in [0.05, 0.1) is 19.3 Å². The Balaban J connectivity index is 1.97. The fraction of sp³-hybridized carbons (Fsp3) is 0.500. The Hall–Kier alpha value is -2.28. The molecule has 3 amide bonds. The molecule has 2 N–H and O–H groups in total. The molecule has 7 heteroatoms. The minimum Gasteiger partial charge on any atom is -0.497 e. The highest BCUT2D eigenvalue weighted by molar-refractivity contribution is 5.96. The number of urea groups is 1. The molecule has 126 valence electrons. The average Bonchev–Trinajstić information content (AvgIpc) is 2.88. The first-order chi connectivity index (χ1) is 10.9. The van der Waals surface area contributed by atoms with E-state index in [0.717, 1.165) is 11.4 Å². The van der Waals surface area contributed by atoms with Crippen molar-refractivity contribution in [2.75, 3.05) is 38.3 Å². The number of carbonyl (C=O) groups is 2. The highest BCUT2D eigenvalue weighted by atomic mass is 16.5. The minimum atomic E-state index is -0.699. The van der Waals surface area contributed by atoms with E-state index in [1.807, 2.05) is 12.1 Å². The average molecular weight is 321 g/mol. The predicted molar refractivity (Wildman–Crippen MR) is 86.6 cm³/mol. The number of benzene rings is 1. The number of nitrogens with zero attached hydrogens (tertiary/aromatic N) is 2. The Morgan fingerprint density at radius 1 is 1.30 bits per heavy atom. The van der Waals surface area contributed by atoms with Gasteiger partial charge in [-0.1, -0.05) is 0 Å². The van der Waals surface area contributed by atoms with Crippen molar-refractivity contribution in [3.63, 3.8) is 0 Å². The number of ether oxygens (including phenoxy) is 1. The van der Waals surface area contributed by atoms with Gasteiger partial charge in [-0.25, -0.2) is 4.79 Å². The van der Waals surface area contributed by atoms with E-state index in [4.69, 9.17) is 4.74 Å². The predicted octanol–water partition coefficient (Wildman–Crippen LogP) is 0.824. The molecule has 0 aliphatic carbocycles. The maximum Gasteiger partial charge on any atom is 0.325 e. The highest BCUT2D eigenvalue weighted by Gasteiger charge is 2.31. The van der Waals surface area contributed by atoms with Crippen molar-refractivity contribution in [3.8, 4) is 5.75 Å². The van der Waals surface area contributed by atoms with Crippen molar-refractivity contribution in [3.05, 3.63) is 24.3 Å². The third kappa shape index (κ3) is 4.13. The molecule has 1 heterocycles. The molecule has 1 aromatic carbocycles. The molecule has 0 spiro atoms. The van der Waals surface area contributed by atoms with E-state index in [2.05, 4.69) is 5.32 Å². The summed E-state index contributed by atoms with van der Waals surface area (Å²) >= 11 is 0. The maximum absolute atomic E-state index is 12.4. The zero-order valence-electron chi connectivity index (χ0n) is 13.7. The number of hydrogen-bond donors (Lipinski definition) is 2. The van der Waals surface area contributed by atoms with Gasteiger partial charge in [0, 0.05) is 18.8 Å². The minimum absolute atomic E-state index is 0.0189. The highest BCUT2D eigenvalue weighted by Crippen LogP contribution is 2.23. The van der Waals surface area contributed by atoms with Crippen molar-refractivity contribution >= 4 is 17.6 Å². The lowest BCUT2D eigenvalue weighted by Gasteiger charge is -2.25. The first kappa shape index (κ1) is 17.1.